The van der Waals surface area contributed by atoms with Gasteiger partial charge in [0.05, 0.1) is 12.7 Å². The lowest BCUT2D eigenvalue weighted by Gasteiger charge is -2.03. The fourth-order valence-corrected chi connectivity index (χ4v) is 1.96. The summed E-state index contributed by atoms with van der Waals surface area (Å²) in [6.07, 6.45) is 0. The van der Waals surface area contributed by atoms with Crippen molar-refractivity contribution in [1.29, 1.82) is 0 Å². The standard InChI is InChI=1S/C15H13N3O3/c1-20-11-5-6-12(13(16)8-11)15-17-14(18-21-15)9-3-2-4-10(19)7-9/h2-8,19H,16H2,1H3. The Balaban J connectivity index is 1.98. The van der Waals surface area contributed by atoms with Gasteiger partial charge in [0.25, 0.3) is 5.89 Å². The third-order valence-corrected chi connectivity index (χ3v) is 3.02. The van der Waals surface area contributed by atoms with E-state index in [1.165, 1.54) is 0 Å². The number of anilines is 1. The number of hydrogen-bond donors (Lipinski definition) is 2. The molecule has 3 rings (SSSR count). The van der Waals surface area contributed by atoms with Crippen LogP contribution in [0.1, 0.15) is 0 Å². The van der Waals surface area contributed by atoms with Crippen LogP contribution in [0, 0.1) is 0 Å². The number of rotatable bonds is 3. The van der Waals surface area contributed by atoms with E-state index in [1.807, 2.05) is 0 Å². The zero-order chi connectivity index (χ0) is 14.8. The van der Waals surface area contributed by atoms with Gasteiger partial charge in [-0.2, -0.15) is 4.98 Å². The van der Waals surface area contributed by atoms with Gasteiger partial charge in [-0.05, 0) is 24.3 Å². The number of aromatic nitrogens is 2. The first-order valence-corrected chi connectivity index (χ1v) is 6.24. The van der Waals surface area contributed by atoms with Gasteiger partial charge < -0.3 is 20.1 Å². The molecule has 0 saturated heterocycles. The zero-order valence-electron chi connectivity index (χ0n) is 11.3. The Morgan fingerprint density at radius 1 is 1.19 bits per heavy atom. The Labute approximate surface area is 120 Å². The average Bonchev–Trinajstić information content (AvgIpc) is 2.96. The number of hydrogen-bond acceptors (Lipinski definition) is 6. The van der Waals surface area contributed by atoms with Crippen molar-refractivity contribution in [1.82, 2.24) is 10.1 Å². The number of aromatic hydroxyl groups is 1. The first kappa shape index (κ1) is 13.0. The van der Waals surface area contributed by atoms with Crippen LogP contribution < -0.4 is 10.5 Å². The highest BCUT2D eigenvalue weighted by Gasteiger charge is 2.13. The minimum absolute atomic E-state index is 0.141. The summed E-state index contributed by atoms with van der Waals surface area (Å²) < 4.78 is 10.3. The molecule has 3 N–H and O–H groups in total. The summed E-state index contributed by atoms with van der Waals surface area (Å²) in [7, 11) is 1.57. The van der Waals surface area contributed by atoms with Crippen molar-refractivity contribution >= 4 is 5.69 Å². The largest absolute Gasteiger partial charge is 0.508 e. The molecular formula is C15H13N3O3. The zero-order valence-corrected chi connectivity index (χ0v) is 11.3. The Kier molecular flexibility index (Phi) is 3.19. The van der Waals surface area contributed by atoms with Crippen LogP contribution in [-0.4, -0.2) is 22.4 Å². The molecule has 1 heterocycles. The number of nitrogens with two attached hydrogens (primary N) is 1. The Morgan fingerprint density at radius 2 is 2.05 bits per heavy atom. The molecule has 0 spiro atoms. The quantitative estimate of drug-likeness (QED) is 0.718. The lowest BCUT2D eigenvalue weighted by Crippen LogP contribution is -1.92. The van der Waals surface area contributed by atoms with E-state index < -0.39 is 0 Å². The molecule has 21 heavy (non-hydrogen) atoms. The van der Waals surface area contributed by atoms with Crippen molar-refractivity contribution in [2.75, 3.05) is 12.8 Å². The summed E-state index contributed by atoms with van der Waals surface area (Å²) in [5, 5.41) is 13.4. The number of methoxy groups -OCH3 is 1. The maximum Gasteiger partial charge on any atom is 0.260 e. The molecule has 6 heteroatoms. The second-order valence-corrected chi connectivity index (χ2v) is 4.43. The van der Waals surface area contributed by atoms with Gasteiger partial charge in [0, 0.05) is 17.3 Å². The molecule has 0 saturated carbocycles. The van der Waals surface area contributed by atoms with Gasteiger partial charge in [0.1, 0.15) is 11.5 Å². The molecule has 0 radical (unpaired) electrons. The minimum Gasteiger partial charge on any atom is -0.508 e. The number of phenolic OH excluding ortho intramolecular Hbond substituents is 1. The number of phenols is 1. The molecule has 3 aromatic rings. The van der Waals surface area contributed by atoms with Gasteiger partial charge in [-0.15, -0.1) is 0 Å². The first-order valence-electron chi connectivity index (χ1n) is 6.24. The number of ether oxygens (including phenoxy) is 1. The molecule has 106 valence electrons. The summed E-state index contributed by atoms with van der Waals surface area (Å²) in [6.45, 7) is 0. The first-order chi connectivity index (χ1) is 10.2. The topological polar surface area (TPSA) is 94.4 Å². The molecule has 0 atom stereocenters. The monoisotopic (exact) mass is 283 g/mol. The second-order valence-electron chi connectivity index (χ2n) is 4.43. The fraction of sp³-hybridized carbons (Fsp3) is 0.0667. The molecule has 1 aromatic heterocycles. The van der Waals surface area contributed by atoms with E-state index in [2.05, 4.69) is 10.1 Å². The van der Waals surface area contributed by atoms with Gasteiger partial charge in [0.2, 0.25) is 5.82 Å². The molecule has 0 aliphatic rings. The Hall–Kier alpha value is -3.02. The lowest BCUT2D eigenvalue weighted by molar-refractivity contribution is 0.414. The summed E-state index contributed by atoms with van der Waals surface area (Å²) in [4.78, 5) is 4.30. The second kappa shape index (κ2) is 5.16. The molecular weight excluding hydrogens is 270 g/mol. The number of nitrogens with zero attached hydrogens (tertiary/aromatic N) is 2. The number of benzene rings is 2. The van der Waals surface area contributed by atoms with Gasteiger partial charge in [-0.3, -0.25) is 0 Å². The van der Waals surface area contributed by atoms with Crippen molar-refractivity contribution < 1.29 is 14.4 Å². The Morgan fingerprint density at radius 3 is 2.76 bits per heavy atom. The van der Waals surface area contributed by atoms with Crippen LogP contribution in [0.15, 0.2) is 47.0 Å². The normalized spacial score (nSPS) is 10.5. The SMILES string of the molecule is COc1ccc(-c2nc(-c3cccc(O)c3)no2)c(N)c1. The molecule has 0 aliphatic carbocycles. The molecule has 0 amide bonds. The minimum atomic E-state index is 0.141. The van der Waals surface area contributed by atoms with Crippen LogP contribution in [-0.2, 0) is 0 Å². The third-order valence-electron chi connectivity index (χ3n) is 3.02. The molecule has 2 aromatic carbocycles. The average molecular weight is 283 g/mol. The van der Waals surface area contributed by atoms with E-state index in [9.17, 15) is 5.11 Å². The summed E-state index contributed by atoms with van der Waals surface area (Å²) in [6, 6.07) is 11.8. The van der Waals surface area contributed by atoms with Crippen LogP contribution in [0.4, 0.5) is 5.69 Å². The van der Waals surface area contributed by atoms with Gasteiger partial charge in [-0.1, -0.05) is 17.3 Å². The highest BCUT2D eigenvalue weighted by atomic mass is 16.5. The maximum atomic E-state index is 9.48. The van der Waals surface area contributed by atoms with Crippen molar-refractivity contribution in [2.45, 2.75) is 0 Å². The van der Waals surface area contributed by atoms with Crippen molar-refractivity contribution in [3.05, 3.63) is 42.5 Å². The van der Waals surface area contributed by atoms with E-state index in [1.54, 1.807) is 49.6 Å². The maximum absolute atomic E-state index is 9.48. The van der Waals surface area contributed by atoms with E-state index >= 15 is 0 Å². The molecule has 0 unspecified atom stereocenters. The highest BCUT2D eigenvalue weighted by molar-refractivity contribution is 5.73. The predicted octanol–water partition coefficient (Wildman–Crippen LogP) is 2.70. The van der Waals surface area contributed by atoms with Gasteiger partial charge >= 0.3 is 0 Å². The van der Waals surface area contributed by atoms with Crippen molar-refractivity contribution in [2.24, 2.45) is 0 Å². The van der Waals surface area contributed by atoms with Gasteiger partial charge in [0.15, 0.2) is 0 Å². The van der Waals surface area contributed by atoms with Crippen molar-refractivity contribution in [3.63, 3.8) is 0 Å². The Bertz CT molecular complexity index is 783. The van der Waals surface area contributed by atoms with E-state index in [-0.39, 0.29) is 5.75 Å². The van der Waals surface area contributed by atoms with Crippen molar-refractivity contribution in [3.8, 4) is 34.3 Å². The van der Waals surface area contributed by atoms with Crippen LogP contribution in [0.5, 0.6) is 11.5 Å². The van der Waals surface area contributed by atoms with E-state index in [4.69, 9.17) is 15.0 Å². The van der Waals surface area contributed by atoms with Gasteiger partial charge in [-0.25, -0.2) is 0 Å². The molecule has 0 fully saturated rings. The lowest BCUT2D eigenvalue weighted by atomic mass is 10.1. The smallest absolute Gasteiger partial charge is 0.260 e. The molecule has 0 bridgehead atoms. The fourth-order valence-electron chi connectivity index (χ4n) is 1.96. The van der Waals surface area contributed by atoms with Crippen LogP contribution in [0.25, 0.3) is 22.8 Å². The summed E-state index contributed by atoms with van der Waals surface area (Å²) in [5.74, 6) is 1.50. The highest BCUT2D eigenvalue weighted by Crippen LogP contribution is 2.30. The van der Waals surface area contributed by atoms with E-state index in [0.29, 0.717) is 34.3 Å². The van der Waals surface area contributed by atoms with Crippen LogP contribution in [0.2, 0.25) is 0 Å². The van der Waals surface area contributed by atoms with Crippen LogP contribution in [0.3, 0.4) is 0 Å². The molecule has 6 nitrogen and oxygen atoms in total. The molecule has 0 aliphatic heterocycles. The number of nitrogen functional groups attached to an aromatic ring is 1. The third kappa shape index (κ3) is 2.51. The predicted molar refractivity (Wildman–Crippen MR) is 77.8 cm³/mol. The van der Waals surface area contributed by atoms with E-state index in [0.717, 1.165) is 0 Å². The van der Waals surface area contributed by atoms with Crippen LogP contribution >= 0.6 is 0 Å². The summed E-state index contributed by atoms with van der Waals surface area (Å²) >= 11 is 0. The summed E-state index contributed by atoms with van der Waals surface area (Å²) in [5.41, 5.74) is 7.74.